The Hall–Kier alpha value is -2.61. The van der Waals surface area contributed by atoms with E-state index in [1.807, 2.05) is 32.9 Å². The molecule has 132 valence electrons. The topological polar surface area (TPSA) is 85.5 Å². The molecule has 0 fully saturated rings. The molecule has 0 saturated heterocycles. The second-order valence-corrected chi connectivity index (χ2v) is 7.74. The molecule has 25 heavy (non-hydrogen) atoms. The van der Waals surface area contributed by atoms with E-state index in [-0.39, 0.29) is 16.0 Å². The van der Waals surface area contributed by atoms with Crippen LogP contribution in [-0.2, 0) is 23.5 Å². The minimum Gasteiger partial charge on any atom is -0.297 e. The first-order valence-electron chi connectivity index (χ1n) is 7.91. The van der Waals surface area contributed by atoms with Gasteiger partial charge in [0, 0.05) is 19.7 Å². The summed E-state index contributed by atoms with van der Waals surface area (Å²) in [5.41, 5.74) is 2.35. The maximum Gasteiger partial charge on any atom is 0.290 e. The summed E-state index contributed by atoms with van der Waals surface area (Å²) in [7, 11) is -2.26. The Morgan fingerprint density at radius 3 is 2.56 bits per heavy atom. The summed E-state index contributed by atoms with van der Waals surface area (Å²) in [6, 6.07) is 6.87. The molecule has 1 N–H and O–H groups in total. The normalized spacial score (nSPS) is 11.8. The molecule has 0 spiro atoms. The first kappa shape index (κ1) is 17.2. The quantitative estimate of drug-likeness (QED) is 0.771. The molecule has 0 atom stereocenters. The van der Waals surface area contributed by atoms with Crippen LogP contribution >= 0.6 is 0 Å². The van der Waals surface area contributed by atoms with E-state index < -0.39 is 10.0 Å². The maximum absolute atomic E-state index is 12.8. The molecular weight excluding hydrogens is 340 g/mol. The van der Waals surface area contributed by atoms with E-state index in [4.69, 9.17) is 0 Å². The third kappa shape index (κ3) is 3.05. The summed E-state index contributed by atoms with van der Waals surface area (Å²) in [6.07, 6.45) is 2.01. The van der Waals surface area contributed by atoms with Crippen molar-refractivity contribution in [2.75, 3.05) is 4.72 Å². The number of hydrogen-bond acceptors (Lipinski definition) is 4. The molecule has 0 radical (unpaired) electrons. The summed E-state index contributed by atoms with van der Waals surface area (Å²) >= 11 is 0. The lowest BCUT2D eigenvalue weighted by Gasteiger charge is -2.10. The van der Waals surface area contributed by atoms with Gasteiger partial charge in [-0.2, -0.15) is 5.10 Å². The lowest BCUT2D eigenvalue weighted by atomic mass is 10.1. The molecule has 2 heterocycles. The number of fused-ring (bicyclic) bond motifs is 1. The summed E-state index contributed by atoms with van der Waals surface area (Å²) in [4.78, 5) is 12.3. The molecule has 0 bridgehead atoms. The Balaban J connectivity index is 2.11. The summed E-state index contributed by atoms with van der Waals surface area (Å²) in [5, 5.41) is 4.17. The predicted octanol–water partition coefficient (Wildman–Crippen LogP) is 2.01. The zero-order chi connectivity index (χ0) is 18.4. The zero-order valence-corrected chi connectivity index (χ0v) is 15.4. The van der Waals surface area contributed by atoms with Crippen molar-refractivity contribution < 1.29 is 8.42 Å². The van der Waals surface area contributed by atoms with E-state index in [0.29, 0.717) is 17.9 Å². The van der Waals surface area contributed by atoms with Gasteiger partial charge in [-0.1, -0.05) is 24.6 Å². The molecule has 0 unspecified atom stereocenters. The van der Waals surface area contributed by atoms with Gasteiger partial charge in [0.05, 0.1) is 5.69 Å². The number of sulfonamides is 1. The van der Waals surface area contributed by atoms with Gasteiger partial charge < -0.3 is 0 Å². The van der Waals surface area contributed by atoms with Crippen molar-refractivity contribution >= 4 is 21.2 Å². The van der Waals surface area contributed by atoms with Crippen molar-refractivity contribution in [3.8, 4) is 0 Å². The highest BCUT2D eigenvalue weighted by molar-refractivity contribution is 7.92. The number of benzene rings is 1. The fraction of sp³-hybridized carbons (Fsp3) is 0.294. The largest absolute Gasteiger partial charge is 0.297 e. The number of nitrogens with zero attached hydrogens (tertiary/aromatic N) is 3. The SMILES string of the molecule is CCc1nn(C)c(=O)c2cc(S(=O)(=O)Nc3ccc(C)cc3C)cn12. The second kappa shape index (κ2) is 6.03. The van der Waals surface area contributed by atoms with Crippen LogP contribution in [0.1, 0.15) is 23.9 Å². The molecular formula is C17H20N4O3S. The molecule has 0 amide bonds. The fourth-order valence-electron chi connectivity index (χ4n) is 2.77. The Bertz CT molecular complexity index is 1130. The highest BCUT2D eigenvalue weighted by atomic mass is 32.2. The number of aryl methyl sites for hydroxylation is 4. The first-order chi connectivity index (χ1) is 11.7. The highest BCUT2D eigenvalue weighted by Crippen LogP contribution is 2.22. The van der Waals surface area contributed by atoms with Gasteiger partial charge in [0.2, 0.25) is 0 Å². The molecule has 8 heteroatoms. The number of anilines is 1. The fourth-order valence-corrected chi connectivity index (χ4v) is 3.92. The second-order valence-electron chi connectivity index (χ2n) is 6.05. The molecule has 3 rings (SSSR count). The van der Waals surface area contributed by atoms with Crippen LogP contribution in [0.15, 0.2) is 40.2 Å². The smallest absolute Gasteiger partial charge is 0.290 e. The lowest BCUT2D eigenvalue weighted by Crippen LogP contribution is -2.23. The third-order valence-corrected chi connectivity index (χ3v) is 5.44. The predicted molar refractivity (Wildman–Crippen MR) is 96.5 cm³/mol. The van der Waals surface area contributed by atoms with Crippen LogP contribution in [0, 0.1) is 13.8 Å². The van der Waals surface area contributed by atoms with Crippen LogP contribution in [0.5, 0.6) is 0 Å². The molecule has 0 saturated carbocycles. The molecule has 0 aliphatic heterocycles. The van der Waals surface area contributed by atoms with Crippen molar-refractivity contribution in [1.29, 1.82) is 0 Å². The number of rotatable bonds is 4. The van der Waals surface area contributed by atoms with Gasteiger partial charge in [-0.15, -0.1) is 0 Å². The van der Waals surface area contributed by atoms with Gasteiger partial charge in [0.25, 0.3) is 15.6 Å². The monoisotopic (exact) mass is 360 g/mol. The van der Waals surface area contributed by atoms with Crippen molar-refractivity contribution in [3.05, 3.63) is 57.8 Å². The Morgan fingerprint density at radius 1 is 1.20 bits per heavy atom. The number of nitrogens with one attached hydrogen (secondary N) is 1. The summed E-state index contributed by atoms with van der Waals surface area (Å²) in [6.45, 7) is 5.69. The van der Waals surface area contributed by atoms with Crippen molar-refractivity contribution in [2.24, 2.45) is 7.05 Å². The van der Waals surface area contributed by atoms with Crippen LogP contribution in [0.2, 0.25) is 0 Å². The van der Waals surface area contributed by atoms with E-state index in [1.165, 1.54) is 16.9 Å². The van der Waals surface area contributed by atoms with Crippen LogP contribution < -0.4 is 10.3 Å². The van der Waals surface area contributed by atoms with Gasteiger partial charge in [-0.3, -0.25) is 13.9 Å². The third-order valence-electron chi connectivity index (χ3n) is 4.10. The first-order valence-corrected chi connectivity index (χ1v) is 9.39. The standard InChI is InChI=1S/C17H20N4O3S/c1-5-16-18-20(4)17(22)15-9-13(10-21(15)16)25(23,24)19-14-7-6-11(2)8-12(14)3/h6-10,19H,5H2,1-4H3. The Morgan fingerprint density at radius 2 is 1.92 bits per heavy atom. The maximum atomic E-state index is 12.8. The number of hydrogen-bond donors (Lipinski definition) is 1. The van der Waals surface area contributed by atoms with Crippen molar-refractivity contribution in [3.63, 3.8) is 0 Å². The molecule has 3 aromatic rings. The van der Waals surface area contributed by atoms with Crippen LogP contribution in [0.25, 0.3) is 5.52 Å². The lowest BCUT2D eigenvalue weighted by molar-refractivity contribution is 0.601. The van der Waals surface area contributed by atoms with Gasteiger partial charge >= 0.3 is 0 Å². The number of aromatic nitrogens is 3. The Labute approximate surface area is 146 Å². The zero-order valence-electron chi connectivity index (χ0n) is 14.6. The Kier molecular flexibility index (Phi) is 4.16. The molecule has 2 aromatic heterocycles. The molecule has 7 nitrogen and oxygen atoms in total. The average Bonchev–Trinajstić information content (AvgIpc) is 3.00. The molecule has 1 aromatic carbocycles. The van der Waals surface area contributed by atoms with E-state index in [1.54, 1.807) is 17.5 Å². The van der Waals surface area contributed by atoms with Crippen LogP contribution in [0.4, 0.5) is 5.69 Å². The van der Waals surface area contributed by atoms with Crippen LogP contribution in [0.3, 0.4) is 0 Å². The molecule has 0 aliphatic rings. The van der Waals surface area contributed by atoms with E-state index in [2.05, 4.69) is 9.82 Å². The van der Waals surface area contributed by atoms with Crippen molar-refractivity contribution in [1.82, 2.24) is 14.2 Å². The van der Waals surface area contributed by atoms with Crippen LogP contribution in [-0.4, -0.2) is 22.6 Å². The van der Waals surface area contributed by atoms with E-state index in [9.17, 15) is 13.2 Å². The van der Waals surface area contributed by atoms with E-state index in [0.717, 1.165) is 11.1 Å². The van der Waals surface area contributed by atoms with E-state index >= 15 is 0 Å². The molecule has 0 aliphatic carbocycles. The minimum absolute atomic E-state index is 0.0345. The average molecular weight is 360 g/mol. The van der Waals surface area contributed by atoms with Gasteiger partial charge in [0.15, 0.2) is 0 Å². The summed E-state index contributed by atoms with van der Waals surface area (Å²) < 4.78 is 30.9. The highest BCUT2D eigenvalue weighted by Gasteiger charge is 2.20. The van der Waals surface area contributed by atoms with Gasteiger partial charge in [-0.25, -0.2) is 13.1 Å². The minimum atomic E-state index is -3.81. The van der Waals surface area contributed by atoms with Gasteiger partial charge in [0.1, 0.15) is 16.2 Å². The van der Waals surface area contributed by atoms with Crippen molar-refractivity contribution in [2.45, 2.75) is 32.1 Å². The van der Waals surface area contributed by atoms with Gasteiger partial charge in [-0.05, 0) is 31.5 Å². The summed E-state index contributed by atoms with van der Waals surface area (Å²) in [5.74, 6) is 0.616.